The van der Waals surface area contributed by atoms with E-state index < -0.39 is 0 Å². The van der Waals surface area contributed by atoms with E-state index in [1.54, 1.807) is 18.2 Å². The Morgan fingerprint density at radius 3 is 2.96 bits per heavy atom. The molecule has 0 bridgehead atoms. The molecule has 0 fully saturated rings. The number of nitro benzene ring substituents is 1. The Balaban J connectivity index is 1.73. The maximum atomic E-state index is 11.1. The first-order valence-electron chi connectivity index (χ1n) is 8.61. The van der Waals surface area contributed by atoms with Gasteiger partial charge in [0.05, 0.1) is 17.6 Å². The first-order chi connectivity index (χ1) is 12.2. The number of ether oxygens (including phenoxy) is 1. The fourth-order valence-electron chi connectivity index (χ4n) is 3.99. The Kier molecular flexibility index (Phi) is 3.92. The van der Waals surface area contributed by atoms with Crippen LogP contribution in [0.25, 0.3) is 0 Å². The lowest BCUT2D eigenvalue weighted by Crippen LogP contribution is -2.29. The molecule has 5 heteroatoms. The largest absolute Gasteiger partial charge is 0.494 e. The van der Waals surface area contributed by atoms with Crippen molar-refractivity contribution < 1.29 is 9.66 Å². The fraction of sp³-hybridized carbons (Fsp3) is 0.300. The van der Waals surface area contributed by atoms with Gasteiger partial charge >= 0.3 is 0 Å². The molecule has 0 saturated heterocycles. The van der Waals surface area contributed by atoms with Crippen LogP contribution in [0.1, 0.15) is 36.4 Å². The lowest BCUT2D eigenvalue weighted by Gasteiger charge is -2.37. The SMILES string of the molecule is CCOc1ccc2c(c1)[C@@H]1C=CC[C@H]1[C@H](c1cccc([N+](=O)[O-])c1)N2. The molecule has 1 aliphatic carbocycles. The molecule has 4 rings (SSSR count). The van der Waals surface area contributed by atoms with E-state index in [-0.39, 0.29) is 16.7 Å². The van der Waals surface area contributed by atoms with Crippen LogP contribution in [-0.2, 0) is 0 Å². The molecule has 2 aliphatic rings. The van der Waals surface area contributed by atoms with Crippen LogP contribution in [0.5, 0.6) is 5.75 Å². The summed E-state index contributed by atoms with van der Waals surface area (Å²) in [6, 6.07) is 13.2. The molecule has 128 valence electrons. The maximum Gasteiger partial charge on any atom is 0.269 e. The van der Waals surface area contributed by atoms with Gasteiger partial charge in [-0.1, -0.05) is 24.3 Å². The number of nitrogens with zero attached hydrogens (tertiary/aromatic N) is 1. The van der Waals surface area contributed by atoms with Crippen molar-refractivity contribution in [2.24, 2.45) is 5.92 Å². The quantitative estimate of drug-likeness (QED) is 0.494. The van der Waals surface area contributed by atoms with Gasteiger partial charge in [0.25, 0.3) is 5.69 Å². The van der Waals surface area contributed by atoms with Gasteiger partial charge < -0.3 is 10.1 Å². The molecule has 3 atom stereocenters. The molecule has 5 nitrogen and oxygen atoms in total. The van der Waals surface area contributed by atoms with Crippen molar-refractivity contribution in [3.8, 4) is 5.75 Å². The molecule has 0 unspecified atom stereocenters. The lowest BCUT2D eigenvalue weighted by atomic mass is 9.77. The van der Waals surface area contributed by atoms with Crippen LogP contribution >= 0.6 is 0 Å². The Bertz CT molecular complexity index is 847. The minimum absolute atomic E-state index is 0.0605. The molecule has 0 spiro atoms. The number of fused-ring (bicyclic) bond motifs is 3. The molecule has 0 radical (unpaired) electrons. The number of hydrogen-bond donors (Lipinski definition) is 1. The monoisotopic (exact) mass is 336 g/mol. The number of nitro groups is 1. The Labute approximate surface area is 146 Å². The molecule has 2 aromatic carbocycles. The summed E-state index contributed by atoms with van der Waals surface area (Å²) in [5, 5.41) is 14.7. The van der Waals surface area contributed by atoms with Gasteiger partial charge in [0, 0.05) is 23.7 Å². The second kappa shape index (κ2) is 6.24. The van der Waals surface area contributed by atoms with E-state index in [1.165, 1.54) is 5.56 Å². The smallest absolute Gasteiger partial charge is 0.269 e. The highest BCUT2D eigenvalue weighted by Gasteiger charge is 2.38. The van der Waals surface area contributed by atoms with E-state index in [0.29, 0.717) is 18.4 Å². The lowest BCUT2D eigenvalue weighted by molar-refractivity contribution is -0.384. The second-order valence-corrected chi connectivity index (χ2v) is 6.51. The number of nitrogens with one attached hydrogen (secondary N) is 1. The number of hydrogen-bond acceptors (Lipinski definition) is 4. The summed E-state index contributed by atoms with van der Waals surface area (Å²) < 4.78 is 5.65. The number of anilines is 1. The van der Waals surface area contributed by atoms with E-state index in [9.17, 15) is 10.1 Å². The van der Waals surface area contributed by atoms with Crippen LogP contribution in [0.15, 0.2) is 54.6 Å². The van der Waals surface area contributed by atoms with E-state index in [2.05, 4.69) is 23.5 Å². The van der Waals surface area contributed by atoms with Crippen molar-refractivity contribution in [3.05, 3.63) is 75.9 Å². The van der Waals surface area contributed by atoms with Gasteiger partial charge in [-0.25, -0.2) is 0 Å². The fourth-order valence-corrected chi connectivity index (χ4v) is 3.99. The highest BCUT2D eigenvalue weighted by Crippen LogP contribution is 2.50. The molecular formula is C20H20N2O3. The third-order valence-corrected chi connectivity index (χ3v) is 5.09. The van der Waals surface area contributed by atoms with Gasteiger partial charge in [0.15, 0.2) is 0 Å². The van der Waals surface area contributed by atoms with E-state index in [0.717, 1.165) is 23.4 Å². The zero-order valence-electron chi connectivity index (χ0n) is 14.0. The van der Waals surface area contributed by atoms with Gasteiger partial charge in [0.1, 0.15) is 5.75 Å². The average Bonchev–Trinajstić information content (AvgIpc) is 3.11. The van der Waals surface area contributed by atoms with Crippen molar-refractivity contribution in [1.29, 1.82) is 0 Å². The molecular weight excluding hydrogens is 316 g/mol. The van der Waals surface area contributed by atoms with Crippen LogP contribution in [0, 0.1) is 16.0 Å². The number of allylic oxidation sites excluding steroid dienone is 2. The van der Waals surface area contributed by atoms with Crippen molar-refractivity contribution in [2.45, 2.75) is 25.3 Å². The predicted octanol–water partition coefficient (Wildman–Crippen LogP) is 4.82. The highest BCUT2D eigenvalue weighted by atomic mass is 16.6. The standard InChI is InChI=1S/C20H20N2O3/c1-2-25-15-9-10-19-18(12-15)16-7-4-8-17(16)20(21-19)13-5-3-6-14(11-13)22(23)24/h3-7,9-12,16-17,20-21H,2,8H2,1H3/t16-,17-,20+/m1/s1. The second-order valence-electron chi connectivity index (χ2n) is 6.51. The number of non-ortho nitro benzene ring substituents is 1. The third kappa shape index (κ3) is 2.76. The van der Waals surface area contributed by atoms with Crippen LogP contribution in [0.4, 0.5) is 11.4 Å². The maximum absolute atomic E-state index is 11.1. The van der Waals surface area contributed by atoms with Gasteiger partial charge in [-0.3, -0.25) is 10.1 Å². The number of benzene rings is 2. The van der Waals surface area contributed by atoms with Crippen LogP contribution in [-0.4, -0.2) is 11.5 Å². The summed E-state index contributed by atoms with van der Waals surface area (Å²) >= 11 is 0. The van der Waals surface area contributed by atoms with Crippen LogP contribution in [0.3, 0.4) is 0 Å². The minimum Gasteiger partial charge on any atom is -0.494 e. The zero-order valence-corrected chi connectivity index (χ0v) is 14.0. The van der Waals surface area contributed by atoms with Gasteiger partial charge in [0.2, 0.25) is 0 Å². The van der Waals surface area contributed by atoms with E-state index >= 15 is 0 Å². The molecule has 1 N–H and O–H groups in total. The summed E-state index contributed by atoms with van der Waals surface area (Å²) in [5.74, 6) is 1.54. The van der Waals surface area contributed by atoms with Crippen molar-refractivity contribution in [1.82, 2.24) is 0 Å². The summed E-state index contributed by atoms with van der Waals surface area (Å²) in [6.45, 7) is 2.63. The Hall–Kier alpha value is -2.82. The summed E-state index contributed by atoms with van der Waals surface area (Å²) in [7, 11) is 0. The summed E-state index contributed by atoms with van der Waals surface area (Å²) in [4.78, 5) is 10.8. The van der Waals surface area contributed by atoms with Crippen LogP contribution in [0.2, 0.25) is 0 Å². The summed E-state index contributed by atoms with van der Waals surface area (Å²) in [5.41, 5.74) is 3.42. The minimum atomic E-state index is -0.334. The molecule has 1 heterocycles. The van der Waals surface area contributed by atoms with Crippen LogP contribution < -0.4 is 10.1 Å². The topological polar surface area (TPSA) is 64.4 Å². The molecule has 0 aromatic heterocycles. The normalized spacial score (nSPS) is 23.5. The summed E-state index contributed by atoms with van der Waals surface area (Å²) in [6.07, 6.45) is 5.43. The predicted molar refractivity (Wildman–Crippen MR) is 97.1 cm³/mol. The molecule has 0 saturated carbocycles. The van der Waals surface area contributed by atoms with E-state index in [4.69, 9.17) is 4.74 Å². The third-order valence-electron chi connectivity index (χ3n) is 5.09. The van der Waals surface area contributed by atoms with E-state index in [1.807, 2.05) is 25.1 Å². The Morgan fingerprint density at radius 1 is 1.28 bits per heavy atom. The highest BCUT2D eigenvalue weighted by molar-refractivity contribution is 5.62. The molecule has 25 heavy (non-hydrogen) atoms. The molecule has 2 aromatic rings. The zero-order chi connectivity index (χ0) is 17.4. The number of rotatable bonds is 4. The van der Waals surface area contributed by atoms with Gasteiger partial charge in [-0.05, 0) is 48.6 Å². The molecule has 1 aliphatic heterocycles. The first-order valence-corrected chi connectivity index (χ1v) is 8.61. The molecule has 0 amide bonds. The van der Waals surface area contributed by atoms with Crippen molar-refractivity contribution in [2.75, 3.05) is 11.9 Å². The van der Waals surface area contributed by atoms with Gasteiger partial charge in [-0.2, -0.15) is 0 Å². The van der Waals surface area contributed by atoms with Gasteiger partial charge in [-0.15, -0.1) is 0 Å². The first kappa shape index (κ1) is 15.7. The van der Waals surface area contributed by atoms with Crippen molar-refractivity contribution >= 4 is 11.4 Å². The average molecular weight is 336 g/mol. The Morgan fingerprint density at radius 2 is 2.16 bits per heavy atom. The van der Waals surface area contributed by atoms with Crippen molar-refractivity contribution in [3.63, 3.8) is 0 Å².